The van der Waals surface area contributed by atoms with E-state index in [-0.39, 0.29) is 6.04 Å². The van der Waals surface area contributed by atoms with E-state index in [1.54, 1.807) is 6.08 Å². The number of aryl methyl sites for hydroxylation is 2. The van der Waals surface area contributed by atoms with Crippen LogP contribution in [0.4, 0.5) is 11.4 Å². The summed E-state index contributed by atoms with van der Waals surface area (Å²) in [6.45, 7) is 10.4. The molecular formula is C24H28N2O2. The van der Waals surface area contributed by atoms with Gasteiger partial charge < -0.3 is 15.7 Å². The summed E-state index contributed by atoms with van der Waals surface area (Å²) in [4.78, 5) is 11.0. The Hall–Kier alpha value is -3.01. The first-order chi connectivity index (χ1) is 13.3. The van der Waals surface area contributed by atoms with Crippen molar-refractivity contribution in [2.75, 3.05) is 10.6 Å². The number of rotatable bonds is 1. The van der Waals surface area contributed by atoms with Crippen molar-refractivity contribution < 1.29 is 9.90 Å². The van der Waals surface area contributed by atoms with Crippen LogP contribution >= 0.6 is 0 Å². The maximum atomic E-state index is 11.0. The molecule has 2 aliphatic rings. The van der Waals surface area contributed by atoms with Gasteiger partial charge in [-0.05, 0) is 62.9 Å². The van der Waals surface area contributed by atoms with Gasteiger partial charge in [0.05, 0.1) is 11.6 Å². The van der Waals surface area contributed by atoms with Crippen molar-refractivity contribution in [2.24, 2.45) is 0 Å². The van der Waals surface area contributed by atoms with Crippen LogP contribution in [0.5, 0.6) is 0 Å². The number of nitrogens with one attached hydrogen (secondary N) is 2. The van der Waals surface area contributed by atoms with E-state index in [1.165, 1.54) is 22.4 Å². The molecular weight excluding hydrogens is 348 g/mol. The second-order valence-corrected chi connectivity index (χ2v) is 7.60. The second kappa shape index (κ2) is 7.93. The fraction of sp³-hybridized carbons (Fsp3) is 0.292. The van der Waals surface area contributed by atoms with Crippen molar-refractivity contribution in [3.05, 3.63) is 69.8 Å². The molecule has 4 rings (SSSR count). The van der Waals surface area contributed by atoms with Crippen LogP contribution in [0.2, 0.25) is 0 Å². The molecule has 0 saturated carbocycles. The van der Waals surface area contributed by atoms with Gasteiger partial charge in [0.25, 0.3) is 0 Å². The maximum absolute atomic E-state index is 11.0. The lowest BCUT2D eigenvalue weighted by Crippen LogP contribution is -2.26. The first-order valence-electron chi connectivity index (χ1n) is 9.63. The van der Waals surface area contributed by atoms with Crippen LogP contribution in [-0.2, 0) is 4.79 Å². The van der Waals surface area contributed by atoms with E-state index in [4.69, 9.17) is 5.11 Å². The van der Waals surface area contributed by atoms with Gasteiger partial charge in [0, 0.05) is 17.4 Å². The Bertz CT molecular complexity index is 973. The van der Waals surface area contributed by atoms with Gasteiger partial charge in [-0.3, -0.25) is 0 Å². The molecule has 28 heavy (non-hydrogen) atoms. The lowest BCUT2D eigenvalue weighted by atomic mass is 9.96. The smallest absolute Gasteiger partial charge is 0.333 e. The molecule has 0 amide bonds. The minimum Gasteiger partial charge on any atom is -0.478 e. The summed E-state index contributed by atoms with van der Waals surface area (Å²) in [6.07, 6.45) is 4.01. The van der Waals surface area contributed by atoms with E-state index < -0.39 is 5.97 Å². The van der Waals surface area contributed by atoms with Crippen LogP contribution in [0, 0.1) is 13.8 Å². The number of hydrogen-bond donors (Lipinski definition) is 3. The van der Waals surface area contributed by atoms with E-state index in [1.807, 2.05) is 32.0 Å². The second-order valence-electron chi connectivity index (χ2n) is 7.60. The average Bonchev–Trinajstić information content (AvgIpc) is 2.64. The molecule has 4 nitrogen and oxygen atoms in total. The summed E-state index contributed by atoms with van der Waals surface area (Å²) in [5, 5.41) is 15.7. The molecule has 0 aliphatic carbocycles. The van der Waals surface area contributed by atoms with Gasteiger partial charge in [0.1, 0.15) is 0 Å². The topological polar surface area (TPSA) is 61.4 Å². The Balaban J connectivity index is 0.000000162. The molecule has 0 spiro atoms. The molecule has 3 N–H and O–H groups in total. The number of anilines is 2. The zero-order valence-corrected chi connectivity index (χ0v) is 17.1. The molecule has 146 valence electrons. The highest BCUT2D eigenvalue weighted by Crippen LogP contribution is 2.30. The van der Waals surface area contributed by atoms with Gasteiger partial charge in [-0.25, -0.2) is 4.79 Å². The lowest BCUT2D eigenvalue weighted by Gasteiger charge is -2.24. The SMILES string of the molecule is CC1=Cc2cccc(C)c2NC1C.Cc1cccc2c1NC(C)C(C(=O)O)=C2. The molecule has 0 aromatic heterocycles. The third kappa shape index (κ3) is 3.96. The van der Waals surface area contributed by atoms with Crippen molar-refractivity contribution in [1.29, 1.82) is 0 Å². The zero-order valence-electron chi connectivity index (χ0n) is 17.1. The molecule has 0 saturated heterocycles. The minimum atomic E-state index is -0.859. The highest BCUT2D eigenvalue weighted by atomic mass is 16.4. The Morgan fingerprint density at radius 3 is 1.86 bits per heavy atom. The number of hydrogen-bond acceptors (Lipinski definition) is 3. The molecule has 4 heteroatoms. The quantitative estimate of drug-likeness (QED) is 0.616. The largest absolute Gasteiger partial charge is 0.478 e. The van der Waals surface area contributed by atoms with Crippen LogP contribution in [0.3, 0.4) is 0 Å². The molecule has 2 heterocycles. The normalized spacial score (nSPS) is 19.5. The molecule has 2 aliphatic heterocycles. The number of carbonyl (C=O) groups is 1. The number of benzene rings is 2. The van der Waals surface area contributed by atoms with Gasteiger partial charge in [-0.15, -0.1) is 0 Å². The van der Waals surface area contributed by atoms with Gasteiger partial charge in [-0.1, -0.05) is 48.0 Å². The predicted molar refractivity (Wildman–Crippen MR) is 118 cm³/mol. The summed E-state index contributed by atoms with van der Waals surface area (Å²) < 4.78 is 0. The first-order valence-corrected chi connectivity index (χ1v) is 9.63. The summed E-state index contributed by atoms with van der Waals surface area (Å²) in [5.74, 6) is -0.859. The van der Waals surface area contributed by atoms with E-state index in [0.717, 1.165) is 16.8 Å². The molecule has 0 bridgehead atoms. The Morgan fingerprint density at radius 2 is 1.32 bits per heavy atom. The van der Waals surface area contributed by atoms with Gasteiger partial charge in [0.15, 0.2) is 0 Å². The lowest BCUT2D eigenvalue weighted by molar-refractivity contribution is -0.132. The standard InChI is InChI=1S/C12H13NO2.C12H15N/c1-7-4-3-5-9-6-10(12(14)15)8(2)13-11(7)9;1-8-5-4-6-11-7-9(2)10(3)13-12(8)11/h3-6,8,13H,1-2H3,(H,14,15);4-7,10,13H,1-3H3. The number of carboxylic acids is 1. The molecule has 2 aromatic carbocycles. The predicted octanol–water partition coefficient (Wildman–Crippen LogP) is 5.49. The highest BCUT2D eigenvalue weighted by Gasteiger charge is 2.22. The van der Waals surface area contributed by atoms with Gasteiger partial charge in [0.2, 0.25) is 0 Å². The van der Waals surface area contributed by atoms with Crippen LogP contribution in [0.25, 0.3) is 12.2 Å². The molecule has 0 radical (unpaired) electrons. The fourth-order valence-electron chi connectivity index (χ4n) is 3.55. The average molecular weight is 377 g/mol. The Labute approximate surface area is 167 Å². The third-order valence-corrected chi connectivity index (χ3v) is 5.42. The van der Waals surface area contributed by atoms with Crippen molar-refractivity contribution >= 4 is 29.5 Å². The van der Waals surface area contributed by atoms with Gasteiger partial charge >= 0.3 is 5.97 Å². The minimum absolute atomic E-state index is 0.143. The zero-order chi connectivity index (χ0) is 20.4. The highest BCUT2D eigenvalue weighted by molar-refractivity contribution is 5.97. The number of carboxylic acid groups (broad SMARTS) is 1. The van der Waals surface area contributed by atoms with Crippen molar-refractivity contribution in [1.82, 2.24) is 0 Å². The molecule has 2 atom stereocenters. The first kappa shape index (κ1) is 19.7. The van der Waals surface area contributed by atoms with Crippen LogP contribution in [0.1, 0.15) is 43.0 Å². The molecule has 2 unspecified atom stereocenters. The fourth-order valence-corrected chi connectivity index (χ4v) is 3.55. The van der Waals surface area contributed by atoms with E-state index in [9.17, 15) is 4.79 Å². The Kier molecular flexibility index (Phi) is 5.59. The van der Waals surface area contributed by atoms with E-state index >= 15 is 0 Å². The van der Waals surface area contributed by atoms with Crippen LogP contribution < -0.4 is 10.6 Å². The van der Waals surface area contributed by atoms with Crippen molar-refractivity contribution in [3.63, 3.8) is 0 Å². The van der Waals surface area contributed by atoms with Crippen LogP contribution in [-0.4, -0.2) is 23.2 Å². The molecule has 2 aromatic rings. The van der Waals surface area contributed by atoms with Gasteiger partial charge in [-0.2, -0.15) is 0 Å². The summed E-state index contributed by atoms with van der Waals surface area (Å²) in [7, 11) is 0. The maximum Gasteiger partial charge on any atom is 0.333 e. The van der Waals surface area contributed by atoms with Crippen LogP contribution in [0.15, 0.2) is 47.5 Å². The third-order valence-electron chi connectivity index (χ3n) is 5.42. The summed E-state index contributed by atoms with van der Waals surface area (Å²) >= 11 is 0. The van der Waals surface area contributed by atoms with E-state index in [0.29, 0.717) is 11.6 Å². The molecule has 0 fully saturated rings. The number of fused-ring (bicyclic) bond motifs is 2. The number of aliphatic carboxylic acids is 1. The summed E-state index contributed by atoms with van der Waals surface area (Å²) in [6, 6.07) is 12.6. The number of para-hydroxylation sites is 2. The summed E-state index contributed by atoms with van der Waals surface area (Å²) in [5.41, 5.74) is 8.87. The Morgan fingerprint density at radius 1 is 0.821 bits per heavy atom. The van der Waals surface area contributed by atoms with Crippen molar-refractivity contribution in [3.8, 4) is 0 Å². The van der Waals surface area contributed by atoms with Crippen molar-refractivity contribution in [2.45, 2.75) is 46.7 Å². The van der Waals surface area contributed by atoms with E-state index in [2.05, 4.69) is 55.7 Å². The monoisotopic (exact) mass is 376 g/mol.